The Morgan fingerprint density at radius 3 is 2.46 bits per heavy atom. The van der Waals surface area contributed by atoms with E-state index in [1.165, 1.54) is 19.2 Å². The number of ether oxygens (including phenoxy) is 1. The molecule has 0 aromatic heterocycles. The Labute approximate surface area is 141 Å². The van der Waals surface area contributed by atoms with E-state index in [9.17, 15) is 13.2 Å². The number of sulfonamides is 1. The van der Waals surface area contributed by atoms with Gasteiger partial charge in [-0.1, -0.05) is 30.3 Å². The number of amides is 2. The number of rotatable bonds is 6. The molecule has 0 fully saturated rings. The van der Waals surface area contributed by atoms with Gasteiger partial charge in [-0.15, -0.1) is 0 Å². The van der Waals surface area contributed by atoms with Crippen LogP contribution < -0.4 is 20.1 Å². The van der Waals surface area contributed by atoms with Crippen molar-refractivity contribution in [3.05, 3.63) is 54.1 Å². The minimum Gasteiger partial charge on any atom is -0.494 e. The minimum atomic E-state index is -3.41. The molecule has 0 heterocycles. The van der Waals surface area contributed by atoms with Gasteiger partial charge in [0.15, 0.2) is 0 Å². The van der Waals surface area contributed by atoms with Crippen LogP contribution in [0.4, 0.5) is 16.2 Å². The molecule has 2 aromatic rings. The molecule has 2 aromatic carbocycles. The van der Waals surface area contributed by atoms with Crippen molar-refractivity contribution in [3.63, 3.8) is 0 Å². The van der Waals surface area contributed by atoms with Crippen molar-refractivity contribution in [1.82, 2.24) is 5.32 Å². The van der Waals surface area contributed by atoms with Crippen LogP contribution in [0.1, 0.15) is 5.56 Å². The Hall–Kier alpha value is -2.74. The van der Waals surface area contributed by atoms with Crippen LogP contribution in [0.15, 0.2) is 48.5 Å². The predicted octanol–water partition coefficient (Wildman–Crippen LogP) is 2.39. The maximum Gasteiger partial charge on any atom is 0.319 e. The summed E-state index contributed by atoms with van der Waals surface area (Å²) in [5.74, 6) is 0.307. The van der Waals surface area contributed by atoms with Gasteiger partial charge >= 0.3 is 6.03 Å². The first kappa shape index (κ1) is 17.6. The molecular weight excluding hydrogens is 330 g/mol. The summed E-state index contributed by atoms with van der Waals surface area (Å²) in [6, 6.07) is 13.8. The van der Waals surface area contributed by atoms with Gasteiger partial charge in [0, 0.05) is 18.3 Å². The summed E-state index contributed by atoms with van der Waals surface area (Å²) in [6.45, 7) is 0.400. The van der Waals surface area contributed by atoms with Crippen LogP contribution in [0.2, 0.25) is 0 Å². The summed E-state index contributed by atoms with van der Waals surface area (Å²) in [6.07, 6.45) is 1.05. The van der Waals surface area contributed by atoms with E-state index in [2.05, 4.69) is 15.4 Å². The quantitative estimate of drug-likeness (QED) is 0.746. The van der Waals surface area contributed by atoms with Crippen molar-refractivity contribution < 1.29 is 17.9 Å². The summed E-state index contributed by atoms with van der Waals surface area (Å²) in [5.41, 5.74) is 1.77. The molecule has 0 aliphatic rings. The normalized spacial score (nSPS) is 10.8. The zero-order valence-electron chi connectivity index (χ0n) is 13.4. The molecular formula is C16H19N3O4S. The van der Waals surface area contributed by atoms with Crippen LogP contribution in [0.25, 0.3) is 0 Å². The van der Waals surface area contributed by atoms with Gasteiger partial charge in [0.2, 0.25) is 10.0 Å². The molecule has 0 atom stereocenters. The van der Waals surface area contributed by atoms with E-state index >= 15 is 0 Å². The SMILES string of the molecule is COc1cc(NC(=O)NCc2ccccc2)ccc1NS(C)(=O)=O. The molecule has 24 heavy (non-hydrogen) atoms. The lowest BCUT2D eigenvalue weighted by Crippen LogP contribution is -2.28. The van der Waals surface area contributed by atoms with Crippen LogP contribution in [-0.2, 0) is 16.6 Å². The molecule has 0 saturated heterocycles. The summed E-state index contributed by atoms with van der Waals surface area (Å²) in [5, 5.41) is 5.41. The molecule has 0 bridgehead atoms. The zero-order valence-corrected chi connectivity index (χ0v) is 14.2. The molecule has 0 aliphatic carbocycles. The first-order valence-electron chi connectivity index (χ1n) is 7.12. The Morgan fingerprint density at radius 2 is 1.83 bits per heavy atom. The van der Waals surface area contributed by atoms with Gasteiger partial charge in [0.25, 0.3) is 0 Å². The molecule has 8 heteroatoms. The number of hydrogen-bond acceptors (Lipinski definition) is 4. The van der Waals surface area contributed by atoms with E-state index in [4.69, 9.17) is 4.74 Å². The van der Waals surface area contributed by atoms with Gasteiger partial charge in [-0.05, 0) is 17.7 Å². The van der Waals surface area contributed by atoms with Crippen LogP contribution in [0, 0.1) is 0 Å². The third-order valence-corrected chi connectivity index (χ3v) is 3.64. The van der Waals surface area contributed by atoms with E-state index in [1.807, 2.05) is 30.3 Å². The average molecular weight is 349 g/mol. The smallest absolute Gasteiger partial charge is 0.319 e. The molecule has 3 N–H and O–H groups in total. The number of carbonyl (C=O) groups excluding carboxylic acids is 1. The van der Waals surface area contributed by atoms with Crippen molar-refractivity contribution >= 4 is 27.4 Å². The van der Waals surface area contributed by atoms with E-state index in [1.54, 1.807) is 6.07 Å². The molecule has 0 aliphatic heterocycles. The highest BCUT2D eigenvalue weighted by molar-refractivity contribution is 7.92. The molecule has 2 rings (SSSR count). The van der Waals surface area contributed by atoms with Gasteiger partial charge in [-0.2, -0.15) is 0 Å². The maximum atomic E-state index is 11.9. The fraction of sp³-hybridized carbons (Fsp3) is 0.188. The summed E-state index contributed by atoms with van der Waals surface area (Å²) in [7, 11) is -2.00. The van der Waals surface area contributed by atoms with Crippen molar-refractivity contribution in [1.29, 1.82) is 0 Å². The van der Waals surface area contributed by atoms with E-state index in [-0.39, 0.29) is 6.03 Å². The van der Waals surface area contributed by atoms with Gasteiger partial charge in [0.05, 0.1) is 19.1 Å². The lowest BCUT2D eigenvalue weighted by Gasteiger charge is -2.12. The van der Waals surface area contributed by atoms with Crippen molar-refractivity contribution in [2.45, 2.75) is 6.54 Å². The van der Waals surface area contributed by atoms with Gasteiger partial charge in [-0.25, -0.2) is 13.2 Å². The average Bonchev–Trinajstić information content (AvgIpc) is 2.54. The zero-order chi connectivity index (χ0) is 17.6. The number of anilines is 2. The number of nitrogens with one attached hydrogen (secondary N) is 3. The van der Waals surface area contributed by atoms with Crippen LogP contribution >= 0.6 is 0 Å². The highest BCUT2D eigenvalue weighted by Crippen LogP contribution is 2.28. The van der Waals surface area contributed by atoms with Crippen molar-refractivity contribution in [2.24, 2.45) is 0 Å². The second-order valence-electron chi connectivity index (χ2n) is 5.08. The first-order chi connectivity index (χ1) is 11.4. The van der Waals surface area contributed by atoms with Crippen molar-refractivity contribution in [3.8, 4) is 5.75 Å². The fourth-order valence-electron chi connectivity index (χ4n) is 2.01. The number of hydrogen-bond donors (Lipinski definition) is 3. The largest absolute Gasteiger partial charge is 0.494 e. The van der Waals surface area contributed by atoms with Gasteiger partial charge < -0.3 is 15.4 Å². The van der Waals surface area contributed by atoms with Crippen molar-refractivity contribution in [2.75, 3.05) is 23.4 Å². The minimum absolute atomic E-state index is 0.301. The Bertz CT molecular complexity index is 807. The summed E-state index contributed by atoms with van der Waals surface area (Å²) < 4.78 is 30.1. The fourth-order valence-corrected chi connectivity index (χ4v) is 2.57. The van der Waals surface area contributed by atoms with E-state index < -0.39 is 10.0 Å². The molecule has 0 radical (unpaired) electrons. The second-order valence-corrected chi connectivity index (χ2v) is 6.83. The van der Waals surface area contributed by atoms with Crippen LogP contribution in [-0.4, -0.2) is 27.8 Å². The number of urea groups is 1. The number of methoxy groups -OCH3 is 1. The molecule has 7 nitrogen and oxygen atoms in total. The number of carbonyl (C=O) groups is 1. The Morgan fingerprint density at radius 1 is 1.12 bits per heavy atom. The lowest BCUT2D eigenvalue weighted by molar-refractivity contribution is 0.251. The third-order valence-electron chi connectivity index (χ3n) is 3.05. The Kier molecular flexibility index (Phi) is 5.64. The molecule has 0 saturated carbocycles. The van der Waals surface area contributed by atoms with Gasteiger partial charge in [-0.3, -0.25) is 4.72 Å². The first-order valence-corrected chi connectivity index (χ1v) is 9.01. The lowest BCUT2D eigenvalue weighted by atomic mass is 10.2. The molecule has 0 unspecified atom stereocenters. The second kappa shape index (κ2) is 7.69. The highest BCUT2D eigenvalue weighted by atomic mass is 32.2. The summed E-state index contributed by atoms with van der Waals surface area (Å²) in [4.78, 5) is 11.9. The van der Waals surface area contributed by atoms with Gasteiger partial charge in [0.1, 0.15) is 5.75 Å². The van der Waals surface area contributed by atoms with E-state index in [0.717, 1.165) is 11.8 Å². The number of benzene rings is 2. The highest BCUT2D eigenvalue weighted by Gasteiger charge is 2.10. The van der Waals surface area contributed by atoms with E-state index in [0.29, 0.717) is 23.7 Å². The molecule has 2 amide bonds. The predicted molar refractivity (Wildman–Crippen MR) is 93.8 cm³/mol. The van der Waals surface area contributed by atoms with Crippen LogP contribution in [0.3, 0.4) is 0 Å². The summed E-state index contributed by atoms with van der Waals surface area (Å²) >= 11 is 0. The third kappa shape index (κ3) is 5.47. The van der Waals surface area contributed by atoms with Crippen LogP contribution in [0.5, 0.6) is 5.75 Å². The maximum absolute atomic E-state index is 11.9. The molecule has 0 spiro atoms. The molecule has 128 valence electrons. The Balaban J connectivity index is 2.00. The topological polar surface area (TPSA) is 96.5 Å². The standard InChI is InChI=1S/C16H19N3O4S/c1-23-15-10-13(8-9-14(15)19-24(2,21)22)18-16(20)17-11-12-6-4-3-5-7-12/h3-10,19H,11H2,1-2H3,(H2,17,18,20). The monoisotopic (exact) mass is 349 g/mol.